The van der Waals surface area contributed by atoms with Gasteiger partial charge in [0, 0.05) is 6.54 Å². The van der Waals surface area contributed by atoms with Crippen LogP contribution in [0.5, 0.6) is 0 Å². The Morgan fingerprint density at radius 1 is 1.33 bits per heavy atom. The molecule has 4 heteroatoms. The van der Waals surface area contributed by atoms with Crippen molar-refractivity contribution in [1.29, 1.82) is 0 Å². The Kier molecular flexibility index (Phi) is 6.18. The minimum Gasteiger partial charge on any atom is -0.356 e. The Bertz CT molecular complexity index is 456. The average Bonchev–Trinajstić information content (AvgIpc) is 2.48. The molecule has 0 saturated carbocycles. The number of amides is 1. The molecular formula is C17H25FN2O. The Hall–Kier alpha value is -1.42. The summed E-state index contributed by atoms with van der Waals surface area (Å²) in [7, 11) is 0. The first kappa shape index (κ1) is 16.0. The molecule has 1 N–H and O–H groups in total. The van der Waals surface area contributed by atoms with Gasteiger partial charge in [-0.2, -0.15) is 0 Å². The quantitative estimate of drug-likeness (QED) is 0.817. The molecule has 0 aliphatic carbocycles. The van der Waals surface area contributed by atoms with E-state index in [0.29, 0.717) is 12.1 Å². The van der Waals surface area contributed by atoms with Crippen molar-refractivity contribution in [2.75, 3.05) is 26.2 Å². The third kappa shape index (κ3) is 5.46. The normalized spacial score (nSPS) is 16.9. The number of hydrogen-bond donors (Lipinski definition) is 1. The summed E-state index contributed by atoms with van der Waals surface area (Å²) in [4.78, 5) is 14.2. The molecule has 1 saturated heterocycles. The number of halogens is 1. The minimum atomic E-state index is -0.310. The number of nitrogens with one attached hydrogen (secondary N) is 1. The zero-order valence-electron chi connectivity index (χ0n) is 12.8. The highest BCUT2D eigenvalue weighted by atomic mass is 19.1. The van der Waals surface area contributed by atoms with E-state index in [1.54, 1.807) is 18.2 Å². The molecule has 21 heavy (non-hydrogen) atoms. The van der Waals surface area contributed by atoms with Crippen LogP contribution < -0.4 is 5.32 Å². The van der Waals surface area contributed by atoms with Gasteiger partial charge < -0.3 is 10.2 Å². The summed E-state index contributed by atoms with van der Waals surface area (Å²) in [6.07, 6.45) is 3.63. The van der Waals surface area contributed by atoms with Crippen molar-refractivity contribution >= 4 is 5.91 Å². The predicted octanol–water partition coefficient (Wildman–Crippen LogP) is 2.61. The maximum Gasteiger partial charge on any atom is 0.224 e. The highest BCUT2D eigenvalue weighted by molar-refractivity contribution is 5.78. The van der Waals surface area contributed by atoms with Crippen LogP contribution in [0, 0.1) is 11.7 Å². The van der Waals surface area contributed by atoms with Crippen molar-refractivity contribution in [3.8, 4) is 0 Å². The molecule has 1 heterocycles. The van der Waals surface area contributed by atoms with Crippen LogP contribution in [0.4, 0.5) is 4.39 Å². The van der Waals surface area contributed by atoms with E-state index in [-0.39, 0.29) is 18.1 Å². The first-order valence-electron chi connectivity index (χ1n) is 7.87. The molecular weight excluding hydrogens is 267 g/mol. The molecule has 0 aromatic heterocycles. The maximum absolute atomic E-state index is 13.4. The average molecular weight is 292 g/mol. The third-order valence-electron chi connectivity index (χ3n) is 4.16. The van der Waals surface area contributed by atoms with Gasteiger partial charge in [-0.05, 0) is 56.4 Å². The molecule has 3 nitrogen and oxygen atoms in total. The Morgan fingerprint density at radius 2 is 2.05 bits per heavy atom. The van der Waals surface area contributed by atoms with Crippen LogP contribution in [-0.2, 0) is 11.2 Å². The minimum absolute atomic E-state index is 0.104. The molecule has 0 atom stereocenters. The fourth-order valence-electron chi connectivity index (χ4n) is 2.69. The van der Waals surface area contributed by atoms with Gasteiger partial charge in [-0.3, -0.25) is 4.79 Å². The molecule has 0 bridgehead atoms. The van der Waals surface area contributed by atoms with Gasteiger partial charge in [-0.1, -0.05) is 25.1 Å². The van der Waals surface area contributed by atoms with E-state index in [9.17, 15) is 9.18 Å². The molecule has 1 aliphatic heterocycles. The largest absolute Gasteiger partial charge is 0.356 e. The predicted molar refractivity (Wildman–Crippen MR) is 82.6 cm³/mol. The summed E-state index contributed by atoms with van der Waals surface area (Å²) in [5, 5.41) is 2.87. The summed E-state index contributed by atoms with van der Waals surface area (Å²) >= 11 is 0. The lowest BCUT2D eigenvalue weighted by atomic mass is 9.99. The van der Waals surface area contributed by atoms with Crippen LogP contribution >= 0.6 is 0 Å². The second-order valence-electron chi connectivity index (χ2n) is 6.00. The zero-order valence-corrected chi connectivity index (χ0v) is 12.8. The molecule has 1 amide bonds. The van der Waals surface area contributed by atoms with Crippen LogP contribution in [0.1, 0.15) is 31.7 Å². The number of likely N-dealkylation sites (tertiary alicyclic amines) is 1. The molecule has 0 unspecified atom stereocenters. The Balaban J connectivity index is 1.60. The lowest BCUT2D eigenvalue weighted by Crippen LogP contribution is -2.35. The number of nitrogens with zero attached hydrogens (tertiary/aromatic N) is 1. The van der Waals surface area contributed by atoms with Crippen molar-refractivity contribution in [1.82, 2.24) is 10.2 Å². The monoisotopic (exact) mass is 292 g/mol. The van der Waals surface area contributed by atoms with Crippen molar-refractivity contribution in [3.05, 3.63) is 35.6 Å². The van der Waals surface area contributed by atoms with Crippen molar-refractivity contribution in [2.45, 2.75) is 32.6 Å². The van der Waals surface area contributed by atoms with E-state index in [1.165, 1.54) is 32.0 Å². The summed E-state index contributed by atoms with van der Waals surface area (Å²) in [6, 6.07) is 6.43. The molecule has 1 aromatic rings. The van der Waals surface area contributed by atoms with Gasteiger partial charge in [-0.25, -0.2) is 4.39 Å². The second kappa shape index (κ2) is 8.13. The first-order chi connectivity index (χ1) is 10.1. The van der Waals surface area contributed by atoms with E-state index < -0.39 is 0 Å². The van der Waals surface area contributed by atoms with E-state index >= 15 is 0 Å². The van der Waals surface area contributed by atoms with Gasteiger partial charge >= 0.3 is 0 Å². The molecule has 0 radical (unpaired) electrons. The van der Waals surface area contributed by atoms with Crippen LogP contribution in [0.15, 0.2) is 24.3 Å². The lowest BCUT2D eigenvalue weighted by Gasteiger charge is -2.30. The third-order valence-corrected chi connectivity index (χ3v) is 4.16. The lowest BCUT2D eigenvalue weighted by molar-refractivity contribution is -0.120. The van der Waals surface area contributed by atoms with Gasteiger partial charge in [-0.15, -0.1) is 0 Å². The molecule has 2 rings (SSSR count). The summed E-state index contributed by atoms with van der Waals surface area (Å²) in [6.45, 7) is 6.35. The van der Waals surface area contributed by atoms with Crippen molar-refractivity contribution in [3.63, 3.8) is 0 Å². The van der Waals surface area contributed by atoms with Gasteiger partial charge in [0.2, 0.25) is 5.91 Å². The van der Waals surface area contributed by atoms with Crippen LogP contribution in [0.25, 0.3) is 0 Å². The molecule has 1 aromatic carbocycles. The van der Waals surface area contributed by atoms with Gasteiger partial charge in [0.15, 0.2) is 0 Å². The fourth-order valence-corrected chi connectivity index (χ4v) is 2.69. The zero-order chi connectivity index (χ0) is 15.1. The standard InChI is InChI=1S/C17H25FN2O/c1-14-7-11-20(12-8-14)10-4-9-19-17(21)13-15-5-2-3-6-16(15)18/h2-3,5-6,14H,4,7-13H2,1H3,(H,19,21). The number of benzene rings is 1. The number of carbonyl (C=O) groups excluding carboxylic acids is 1. The van der Waals surface area contributed by atoms with Gasteiger partial charge in [0.05, 0.1) is 6.42 Å². The highest BCUT2D eigenvalue weighted by Crippen LogP contribution is 2.15. The van der Waals surface area contributed by atoms with E-state index in [0.717, 1.165) is 18.9 Å². The van der Waals surface area contributed by atoms with E-state index in [1.807, 2.05) is 0 Å². The molecule has 1 aliphatic rings. The summed E-state index contributed by atoms with van der Waals surface area (Å²) in [5.41, 5.74) is 0.458. The molecule has 0 spiro atoms. The Morgan fingerprint density at radius 3 is 2.76 bits per heavy atom. The molecule has 1 fully saturated rings. The first-order valence-corrected chi connectivity index (χ1v) is 7.87. The summed E-state index contributed by atoms with van der Waals surface area (Å²) < 4.78 is 13.4. The van der Waals surface area contributed by atoms with E-state index in [2.05, 4.69) is 17.1 Å². The SMILES string of the molecule is CC1CCN(CCCNC(=O)Cc2ccccc2F)CC1. The van der Waals surface area contributed by atoms with Crippen LogP contribution in [-0.4, -0.2) is 37.0 Å². The second-order valence-corrected chi connectivity index (χ2v) is 6.00. The molecule has 116 valence electrons. The van der Waals surface area contributed by atoms with E-state index in [4.69, 9.17) is 0 Å². The number of rotatable bonds is 6. The van der Waals surface area contributed by atoms with Gasteiger partial charge in [0.25, 0.3) is 0 Å². The smallest absolute Gasteiger partial charge is 0.224 e. The van der Waals surface area contributed by atoms with Crippen LogP contribution in [0.3, 0.4) is 0 Å². The maximum atomic E-state index is 13.4. The van der Waals surface area contributed by atoms with Crippen molar-refractivity contribution < 1.29 is 9.18 Å². The fraction of sp³-hybridized carbons (Fsp3) is 0.588. The number of piperidine rings is 1. The van der Waals surface area contributed by atoms with Crippen molar-refractivity contribution in [2.24, 2.45) is 5.92 Å². The van der Waals surface area contributed by atoms with Crippen LogP contribution in [0.2, 0.25) is 0 Å². The summed E-state index contributed by atoms with van der Waals surface area (Å²) in [5.74, 6) is 0.434. The van der Waals surface area contributed by atoms with Gasteiger partial charge in [0.1, 0.15) is 5.82 Å². The highest BCUT2D eigenvalue weighted by Gasteiger charge is 2.15. The number of carbonyl (C=O) groups is 1. The topological polar surface area (TPSA) is 32.3 Å². The number of hydrogen-bond acceptors (Lipinski definition) is 2. The Labute approximate surface area is 126 Å².